The van der Waals surface area contributed by atoms with Crippen molar-refractivity contribution < 1.29 is 28.6 Å². The molecule has 0 unspecified atom stereocenters. The zero-order valence-corrected chi connectivity index (χ0v) is 19.2. The van der Waals surface area contributed by atoms with Gasteiger partial charge in [0.25, 0.3) is 11.1 Å². The van der Waals surface area contributed by atoms with Gasteiger partial charge in [-0.3, -0.25) is 14.5 Å². The van der Waals surface area contributed by atoms with E-state index >= 15 is 0 Å². The van der Waals surface area contributed by atoms with E-state index in [0.29, 0.717) is 33.6 Å². The molecule has 2 aromatic carbocycles. The number of hydrogen-bond acceptors (Lipinski definition) is 7. The topological polar surface area (TPSA) is 82.1 Å². The molecule has 32 heavy (non-hydrogen) atoms. The van der Waals surface area contributed by atoms with E-state index in [9.17, 15) is 14.4 Å². The molecule has 2 aromatic rings. The first-order valence-electron chi connectivity index (χ1n) is 9.96. The maximum atomic E-state index is 12.8. The lowest BCUT2D eigenvalue weighted by Gasteiger charge is -2.13. The molecule has 2 amide bonds. The minimum atomic E-state index is -0.478. The molecule has 1 saturated heterocycles. The summed E-state index contributed by atoms with van der Waals surface area (Å²) in [4.78, 5) is 38.2. The largest absolute Gasteiger partial charge is 0.490 e. The van der Waals surface area contributed by atoms with Crippen LogP contribution in [0.5, 0.6) is 11.5 Å². The van der Waals surface area contributed by atoms with Gasteiger partial charge < -0.3 is 14.2 Å². The van der Waals surface area contributed by atoms with Gasteiger partial charge in [0.2, 0.25) is 0 Å². The Kier molecular flexibility index (Phi) is 8.19. The number of rotatable bonds is 9. The van der Waals surface area contributed by atoms with Crippen LogP contribution < -0.4 is 9.47 Å². The summed E-state index contributed by atoms with van der Waals surface area (Å²) in [5.41, 5.74) is 1.47. The molecule has 0 radical (unpaired) electrons. The highest BCUT2D eigenvalue weighted by atomic mass is 35.5. The van der Waals surface area contributed by atoms with E-state index in [4.69, 9.17) is 25.8 Å². The van der Waals surface area contributed by atoms with E-state index in [0.717, 1.165) is 17.3 Å². The number of halogens is 1. The first-order chi connectivity index (χ1) is 15.4. The van der Waals surface area contributed by atoms with Crippen molar-refractivity contribution in [2.75, 3.05) is 19.8 Å². The highest BCUT2D eigenvalue weighted by Crippen LogP contribution is 2.35. The van der Waals surface area contributed by atoms with Crippen LogP contribution in [0.2, 0.25) is 5.02 Å². The molecule has 1 fully saturated rings. The molecule has 1 aliphatic rings. The van der Waals surface area contributed by atoms with Crippen LogP contribution in [-0.4, -0.2) is 41.8 Å². The van der Waals surface area contributed by atoms with Crippen molar-refractivity contribution in [2.45, 2.75) is 20.4 Å². The molecule has 9 heteroatoms. The zero-order chi connectivity index (χ0) is 23.1. The molecule has 0 spiro atoms. The second kappa shape index (κ2) is 11.1. The predicted octanol–water partition coefficient (Wildman–Crippen LogP) is 4.92. The number of amides is 2. The highest BCUT2D eigenvalue weighted by Gasteiger charge is 2.35. The van der Waals surface area contributed by atoms with Crippen LogP contribution in [0.3, 0.4) is 0 Å². The average molecular weight is 476 g/mol. The van der Waals surface area contributed by atoms with Crippen molar-refractivity contribution in [1.82, 2.24) is 4.90 Å². The average Bonchev–Trinajstić information content (AvgIpc) is 3.02. The number of thioether (sulfide) groups is 1. The number of esters is 1. The number of imide groups is 1. The Balaban J connectivity index is 1.75. The number of carbonyl (C=O) groups excluding carboxylic acids is 3. The van der Waals surface area contributed by atoms with Gasteiger partial charge in [0.15, 0.2) is 18.1 Å². The monoisotopic (exact) mass is 475 g/mol. The molecule has 0 aliphatic carbocycles. The van der Waals surface area contributed by atoms with Crippen molar-refractivity contribution >= 4 is 46.6 Å². The van der Waals surface area contributed by atoms with Crippen LogP contribution in [0.1, 0.15) is 25.0 Å². The Bertz CT molecular complexity index is 1040. The minimum Gasteiger partial charge on any atom is -0.490 e. The van der Waals surface area contributed by atoms with E-state index in [1.807, 2.05) is 6.92 Å². The Morgan fingerprint density at radius 2 is 1.78 bits per heavy atom. The molecule has 0 bridgehead atoms. The first kappa shape index (κ1) is 23.7. The van der Waals surface area contributed by atoms with Gasteiger partial charge in [-0.1, -0.05) is 29.8 Å². The Morgan fingerprint density at radius 1 is 1.03 bits per heavy atom. The van der Waals surface area contributed by atoms with Crippen LogP contribution >= 0.6 is 23.4 Å². The summed E-state index contributed by atoms with van der Waals surface area (Å²) in [5, 5.41) is 0.248. The third-order valence-corrected chi connectivity index (χ3v) is 5.50. The molecule has 0 atom stereocenters. The number of nitrogens with zero attached hydrogens (tertiary/aromatic N) is 1. The van der Waals surface area contributed by atoms with Crippen LogP contribution in [0.25, 0.3) is 6.08 Å². The maximum absolute atomic E-state index is 12.8. The molecule has 1 aliphatic heterocycles. The SMILES string of the molecule is CCOC(=O)COc1ccc(/C=C2/SC(=O)N(Cc3ccc(Cl)cc3)C2=O)cc1OCC. The van der Waals surface area contributed by atoms with Gasteiger partial charge in [-0.2, -0.15) is 0 Å². The molecule has 7 nitrogen and oxygen atoms in total. The summed E-state index contributed by atoms with van der Waals surface area (Å²) < 4.78 is 16.0. The number of ether oxygens (including phenoxy) is 3. The summed E-state index contributed by atoms with van der Waals surface area (Å²) in [7, 11) is 0. The molecule has 3 rings (SSSR count). The molecule has 1 heterocycles. The number of benzene rings is 2. The van der Waals surface area contributed by atoms with E-state index in [-0.39, 0.29) is 30.9 Å². The van der Waals surface area contributed by atoms with Gasteiger partial charge in [0.05, 0.1) is 24.7 Å². The van der Waals surface area contributed by atoms with Gasteiger partial charge >= 0.3 is 5.97 Å². The second-order valence-electron chi connectivity index (χ2n) is 6.63. The van der Waals surface area contributed by atoms with Crippen LogP contribution in [0.15, 0.2) is 47.4 Å². The zero-order valence-electron chi connectivity index (χ0n) is 17.6. The van der Waals surface area contributed by atoms with Gasteiger partial charge in [0.1, 0.15) is 0 Å². The van der Waals surface area contributed by atoms with E-state index < -0.39 is 5.97 Å². The number of hydrogen-bond donors (Lipinski definition) is 0. The van der Waals surface area contributed by atoms with E-state index in [2.05, 4.69) is 0 Å². The minimum absolute atomic E-state index is 0.171. The second-order valence-corrected chi connectivity index (χ2v) is 8.06. The Hall–Kier alpha value is -2.97. The maximum Gasteiger partial charge on any atom is 0.344 e. The van der Waals surface area contributed by atoms with Crippen LogP contribution in [-0.2, 0) is 20.9 Å². The lowest BCUT2D eigenvalue weighted by molar-refractivity contribution is -0.145. The summed E-state index contributed by atoms with van der Waals surface area (Å²) in [5.74, 6) is -0.0391. The van der Waals surface area contributed by atoms with Gasteiger partial charge in [-0.25, -0.2) is 4.79 Å². The summed E-state index contributed by atoms with van der Waals surface area (Å²) in [6.45, 7) is 4.13. The molecule has 168 valence electrons. The first-order valence-corrected chi connectivity index (χ1v) is 11.2. The third kappa shape index (κ3) is 6.05. The fourth-order valence-electron chi connectivity index (χ4n) is 2.90. The lowest BCUT2D eigenvalue weighted by Crippen LogP contribution is -2.27. The third-order valence-electron chi connectivity index (χ3n) is 4.34. The lowest BCUT2D eigenvalue weighted by atomic mass is 10.1. The van der Waals surface area contributed by atoms with Gasteiger partial charge in [-0.05, 0) is 67.1 Å². The van der Waals surface area contributed by atoms with Crippen molar-refractivity contribution in [3.8, 4) is 11.5 Å². The van der Waals surface area contributed by atoms with Crippen LogP contribution in [0.4, 0.5) is 4.79 Å². The molecule has 0 aromatic heterocycles. The number of carbonyl (C=O) groups is 3. The van der Waals surface area contributed by atoms with E-state index in [1.165, 1.54) is 4.90 Å². The predicted molar refractivity (Wildman–Crippen MR) is 123 cm³/mol. The van der Waals surface area contributed by atoms with Gasteiger partial charge in [0, 0.05) is 5.02 Å². The fraction of sp³-hybridized carbons (Fsp3) is 0.261. The normalized spacial score (nSPS) is 14.7. The summed E-state index contributed by atoms with van der Waals surface area (Å²) >= 11 is 6.77. The quantitative estimate of drug-likeness (QED) is 0.376. The standard InChI is InChI=1S/C23H22ClNO6S/c1-3-29-19-11-16(7-10-18(19)31-14-21(26)30-4-2)12-20-22(27)25(23(28)32-20)13-15-5-8-17(24)9-6-15/h5-12H,3-4,13-14H2,1-2H3/b20-12+. The van der Waals surface area contributed by atoms with Crippen molar-refractivity contribution in [3.05, 3.63) is 63.5 Å². The van der Waals surface area contributed by atoms with Crippen molar-refractivity contribution in [3.63, 3.8) is 0 Å². The molecule has 0 N–H and O–H groups in total. The molecular formula is C23H22ClNO6S. The molecular weight excluding hydrogens is 454 g/mol. The van der Waals surface area contributed by atoms with Crippen molar-refractivity contribution in [2.24, 2.45) is 0 Å². The smallest absolute Gasteiger partial charge is 0.344 e. The highest BCUT2D eigenvalue weighted by molar-refractivity contribution is 8.18. The molecule has 0 saturated carbocycles. The Morgan fingerprint density at radius 3 is 2.47 bits per heavy atom. The summed E-state index contributed by atoms with van der Waals surface area (Å²) in [6, 6.07) is 12.0. The summed E-state index contributed by atoms with van der Waals surface area (Å²) in [6.07, 6.45) is 1.63. The van der Waals surface area contributed by atoms with Crippen molar-refractivity contribution in [1.29, 1.82) is 0 Å². The van der Waals surface area contributed by atoms with Crippen LogP contribution in [0, 0.1) is 0 Å². The fourth-order valence-corrected chi connectivity index (χ4v) is 3.87. The van der Waals surface area contributed by atoms with Gasteiger partial charge in [-0.15, -0.1) is 0 Å². The van der Waals surface area contributed by atoms with E-state index in [1.54, 1.807) is 55.5 Å². The Labute approximate surface area is 195 Å².